The van der Waals surface area contributed by atoms with Crippen LogP contribution in [0.5, 0.6) is 5.88 Å². The molecule has 0 radical (unpaired) electrons. The zero-order valence-corrected chi connectivity index (χ0v) is 13.7. The predicted molar refractivity (Wildman–Crippen MR) is 88.6 cm³/mol. The van der Waals surface area contributed by atoms with Gasteiger partial charge in [-0.2, -0.15) is 4.98 Å². The van der Waals surface area contributed by atoms with Gasteiger partial charge in [0.05, 0.1) is 24.3 Å². The first-order valence-corrected chi connectivity index (χ1v) is 7.96. The minimum Gasteiger partial charge on any atom is -0.858 e. The average Bonchev–Trinajstić information content (AvgIpc) is 3.00. The third-order valence-electron chi connectivity index (χ3n) is 4.23. The molecular weight excluding hydrogens is 306 g/mol. The summed E-state index contributed by atoms with van der Waals surface area (Å²) in [7, 11) is 0. The molecule has 4 rings (SSSR count). The van der Waals surface area contributed by atoms with Crippen molar-refractivity contribution in [2.24, 2.45) is 0 Å². The van der Waals surface area contributed by atoms with E-state index < -0.39 is 0 Å². The lowest BCUT2D eigenvalue weighted by atomic mass is 10.1. The van der Waals surface area contributed by atoms with Gasteiger partial charge in [-0.15, -0.1) is 5.10 Å². The molecule has 0 atom stereocenters. The summed E-state index contributed by atoms with van der Waals surface area (Å²) in [5, 5.41) is 17.3. The highest BCUT2D eigenvalue weighted by molar-refractivity contribution is 5.80. The van der Waals surface area contributed by atoms with Crippen LogP contribution in [0.4, 0.5) is 5.95 Å². The summed E-state index contributed by atoms with van der Waals surface area (Å²) in [6, 6.07) is 6.11. The van der Waals surface area contributed by atoms with Crippen molar-refractivity contribution in [3.05, 3.63) is 35.5 Å². The fourth-order valence-electron chi connectivity index (χ4n) is 2.96. The van der Waals surface area contributed by atoms with E-state index in [4.69, 9.17) is 4.74 Å². The Bertz CT molecular complexity index is 899. The highest BCUT2D eigenvalue weighted by atomic mass is 16.5. The maximum Gasteiger partial charge on any atom is 0.227 e. The van der Waals surface area contributed by atoms with E-state index in [-0.39, 0.29) is 5.88 Å². The van der Waals surface area contributed by atoms with E-state index in [1.54, 1.807) is 10.9 Å². The molecule has 0 aliphatic carbocycles. The zero-order valence-electron chi connectivity index (χ0n) is 13.7. The van der Waals surface area contributed by atoms with E-state index in [2.05, 4.69) is 21.1 Å². The molecule has 0 saturated carbocycles. The van der Waals surface area contributed by atoms with E-state index >= 15 is 0 Å². The molecule has 0 spiro atoms. The Hall–Kier alpha value is -2.67. The SMILES string of the molecule is Cc1ccc(-n2cc3c([O-])nc(N4CCOCC4)nc3n2)c(C)c1. The van der Waals surface area contributed by atoms with Crippen LogP contribution in [0.15, 0.2) is 24.4 Å². The molecule has 7 nitrogen and oxygen atoms in total. The second-order valence-electron chi connectivity index (χ2n) is 6.03. The highest BCUT2D eigenvalue weighted by Gasteiger charge is 2.16. The Labute approximate surface area is 139 Å². The number of morpholine rings is 1. The quantitative estimate of drug-likeness (QED) is 0.708. The van der Waals surface area contributed by atoms with E-state index in [9.17, 15) is 5.11 Å². The van der Waals surface area contributed by atoms with E-state index in [0.29, 0.717) is 43.3 Å². The molecule has 2 aromatic heterocycles. The number of hydrogen-bond donors (Lipinski definition) is 0. The molecule has 3 heterocycles. The number of nitrogens with zero attached hydrogens (tertiary/aromatic N) is 5. The van der Waals surface area contributed by atoms with E-state index in [1.807, 2.05) is 30.9 Å². The normalized spacial score (nSPS) is 15.2. The number of anilines is 1. The second-order valence-corrected chi connectivity index (χ2v) is 6.03. The van der Waals surface area contributed by atoms with Gasteiger partial charge in [-0.3, -0.25) is 0 Å². The number of aryl methyl sites for hydroxylation is 2. The van der Waals surface area contributed by atoms with Gasteiger partial charge in [0.25, 0.3) is 0 Å². The summed E-state index contributed by atoms with van der Waals surface area (Å²) in [6.07, 6.45) is 1.71. The Morgan fingerprint density at radius 2 is 1.92 bits per heavy atom. The molecule has 124 valence electrons. The molecule has 7 heteroatoms. The summed E-state index contributed by atoms with van der Waals surface area (Å²) in [4.78, 5) is 10.6. The zero-order chi connectivity index (χ0) is 16.7. The Kier molecular flexibility index (Phi) is 3.57. The predicted octanol–water partition coefficient (Wildman–Crippen LogP) is 1.34. The summed E-state index contributed by atoms with van der Waals surface area (Å²) >= 11 is 0. The summed E-state index contributed by atoms with van der Waals surface area (Å²) in [5.74, 6) is 0.138. The van der Waals surface area contributed by atoms with Crippen LogP contribution in [0.25, 0.3) is 16.7 Å². The fraction of sp³-hybridized carbons (Fsp3) is 0.353. The lowest BCUT2D eigenvalue weighted by Gasteiger charge is -2.27. The van der Waals surface area contributed by atoms with E-state index in [1.165, 1.54) is 5.56 Å². The molecule has 0 bridgehead atoms. The summed E-state index contributed by atoms with van der Waals surface area (Å²) in [6.45, 7) is 6.68. The Morgan fingerprint density at radius 1 is 1.12 bits per heavy atom. The molecule has 0 N–H and O–H groups in total. The van der Waals surface area contributed by atoms with Gasteiger partial charge in [0.1, 0.15) is 0 Å². The Morgan fingerprint density at radius 3 is 2.67 bits per heavy atom. The molecule has 3 aromatic rings. The standard InChI is InChI=1S/C17H19N5O2/c1-11-3-4-14(12(2)9-11)22-10-13-15(20-22)18-17(19-16(13)23)21-5-7-24-8-6-21/h3-4,9-10H,5-8H2,1-2H3,(H,18,19,20,23)/p-1. The van der Waals surface area contributed by atoms with Crippen molar-refractivity contribution in [2.75, 3.05) is 31.2 Å². The first-order valence-electron chi connectivity index (χ1n) is 7.96. The lowest BCUT2D eigenvalue weighted by Crippen LogP contribution is -2.37. The van der Waals surface area contributed by atoms with Crippen molar-refractivity contribution in [2.45, 2.75) is 13.8 Å². The molecule has 1 fully saturated rings. The van der Waals surface area contributed by atoms with Gasteiger partial charge in [-0.05, 0) is 25.5 Å². The molecule has 0 unspecified atom stereocenters. The first kappa shape index (κ1) is 14.9. The van der Waals surface area contributed by atoms with Crippen molar-refractivity contribution >= 4 is 17.0 Å². The van der Waals surface area contributed by atoms with Crippen molar-refractivity contribution in [3.63, 3.8) is 0 Å². The van der Waals surface area contributed by atoms with Crippen molar-refractivity contribution in [3.8, 4) is 11.6 Å². The minimum absolute atomic E-state index is 0.294. The van der Waals surface area contributed by atoms with Crippen LogP contribution < -0.4 is 10.0 Å². The molecule has 24 heavy (non-hydrogen) atoms. The van der Waals surface area contributed by atoms with Gasteiger partial charge >= 0.3 is 0 Å². The first-order chi connectivity index (χ1) is 11.6. The van der Waals surface area contributed by atoms with Crippen LogP contribution in [0.2, 0.25) is 0 Å². The number of benzene rings is 1. The smallest absolute Gasteiger partial charge is 0.227 e. The van der Waals surface area contributed by atoms with E-state index in [0.717, 1.165) is 11.3 Å². The number of aromatic nitrogens is 4. The number of rotatable bonds is 2. The number of fused-ring (bicyclic) bond motifs is 1. The summed E-state index contributed by atoms with van der Waals surface area (Å²) < 4.78 is 7.04. The van der Waals surface area contributed by atoms with Gasteiger partial charge in [-0.25, -0.2) is 9.67 Å². The number of hydrogen-bond acceptors (Lipinski definition) is 6. The third kappa shape index (κ3) is 2.56. The van der Waals surface area contributed by atoms with Crippen molar-refractivity contribution in [1.82, 2.24) is 19.7 Å². The Balaban J connectivity index is 1.78. The molecular formula is C17H18N5O2-. The van der Waals surface area contributed by atoms with Crippen LogP contribution in [0.3, 0.4) is 0 Å². The van der Waals surface area contributed by atoms with Gasteiger partial charge in [0.2, 0.25) is 5.95 Å². The van der Waals surface area contributed by atoms with Gasteiger partial charge in [-0.1, -0.05) is 17.7 Å². The molecule has 1 saturated heterocycles. The fourth-order valence-corrected chi connectivity index (χ4v) is 2.96. The maximum atomic E-state index is 12.4. The lowest BCUT2D eigenvalue weighted by molar-refractivity contribution is -0.272. The topological polar surface area (TPSA) is 79.1 Å². The van der Waals surface area contributed by atoms with Crippen LogP contribution in [0.1, 0.15) is 11.1 Å². The van der Waals surface area contributed by atoms with Crippen molar-refractivity contribution < 1.29 is 9.84 Å². The van der Waals surface area contributed by atoms with Gasteiger partial charge in [0.15, 0.2) is 5.65 Å². The average molecular weight is 324 g/mol. The monoisotopic (exact) mass is 324 g/mol. The van der Waals surface area contributed by atoms with Crippen LogP contribution in [0, 0.1) is 13.8 Å². The van der Waals surface area contributed by atoms with Gasteiger partial charge in [0, 0.05) is 25.2 Å². The van der Waals surface area contributed by atoms with Gasteiger partial charge < -0.3 is 14.7 Å². The molecule has 0 amide bonds. The molecule has 1 aromatic carbocycles. The second kappa shape index (κ2) is 5.76. The summed E-state index contributed by atoms with van der Waals surface area (Å²) in [5.41, 5.74) is 3.64. The minimum atomic E-state index is -0.294. The molecule has 1 aliphatic rings. The number of ether oxygens (including phenoxy) is 1. The molecule has 1 aliphatic heterocycles. The third-order valence-corrected chi connectivity index (χ3v) is 4.23. The van der Waals surface area contributed by atoms with Crippen LogP contribution in [-0.4, -0.2) is 46.1 Å². The van der Waals surface area contributed by atoms with Crippen LogP contribution >= 0.6 is 0 Å². The highest BCUT2D eigenvalue weighted by Crippen LogP contribution is 2.24. The maximum absolute atomic E-state index is 12.4. The van der Waals surface area contributed by atoms with Crippen molar-refractivity contribution in [1.29, 1.82) is 0 Å². The van der Waals surface area contributed by atoms with Crippen LogP contribution in [-0.2, 0) is 4.74 Å². The largest absolute Gasteiger partial charge is 0.858 e.